The zero-order valence-electron chi connectivity index (χ0n) is 10.8. The molecule has 3 heteroatoms. The van der Waals surface area contributed by atoms with Gasteiger partial charge in [-0.1, -0.05) is 36.4 Å². The maximum absolute atomic E-state index is 5.76. The van der Waals surface area contributed by atoms with E-state index < -0.39 is 0 Å². The molecule has 1 N–H and O–H groups in total. The molecule has 0 aliphatic rings. The first-order valence-corrected chi connectivity index (χ1v) is 6.56. The fourth-order valence-electron chi connectivity index (χ4n) is 2.38. The Morgan fingerprint density at radius 2 is 1.70 bits per heavy atom. The minimum atomic E-state index is 0.418. The fraction of sp³-hybridized carbons (Fsp3) is 0.0588. The Kier molecular flexibility index (Phi) is 2.49. The average molecular weight is 263 g/mol. The molecule has 0 radical (unpaired) electrons. The van der Waals surface area contributed by atoms with E-state index in [1.807, 2.05) is 54.6 Å². The van der Waals surface area contributed by atoms with Crippen molar-refractivity contribution in [2.75, 3.05) is 0 Å². The van der Waals surface area contributed by atoms with Crippen LogP contribution in [0.5, 0.6) is 5.88 Å². The van der Waals surface area contributed by atoms with Crippen LogP contribution in [0.15, 0.2) is 65.1 Å². The Bertz CT molecular complexity index is 733. The highest BCUT2D eigenvalue weighted by molar-refractivity contribution is 5.81. The van der Waals surface area contributed by atoms with Crippen molar-refractivity contribution in [1.29, 1.82) is 0 Å². The van der Waals surface area contributed by atoms with E-state index in [1.54, 1.807) is 0 Å². The van der Waals surface area contributed by atoms with Crippen LogP contribution in [0.4, 0.5) is 0 Å². The van der Waals surface area contributed by atoms with E-state index in [1.165, 1.54) is 0 Å². The van der Waals surface area contributed by atoms with Crippen LogP contribution in [-0.2, 0) is 6.61 Å². The van der Waals surface area contributed by atoms with E-state index in [0.717, 1.165) is 33.5 Å². The van der Waals surface area contributed by atoms with Crippen LogP contribution in [0.3, 0.4) is 0 Å². The predicted octanol–water partition coefficient (Wildman–Crippen LogP) is 4.49. The van der Waals surface area contributed by atoms with Gasteiger partial charge in [-0.25, -0.2) is 0 Å². The SMILES string of the molecule is c1ccc2[nH]c(OCc3cc4ccccc4o3)cc2c1. The molecule has 98 valence electrons. The molecule has 0 aliphatic heterocycles. The number of para-hydroxylation sites is 2. The summed E-state index contributed by atoms with van der Waals surface area (Å²) in [6.07, 6.45) is 0. The van der Waals surface area contributed by atoms with Crippen LogP contribution >= 0.6 is 0 Å². The van der Waals surface area contributed by atoms with Gasteiger partial charge in [0.15, 0.2) is 5.88 Å². The van der Waals surface area contributed by atoms with Crippen molar-refractivity contribution in [1.82, 2.24) is 4.98 Å². The summed E-state index contributed by atoms with van der Waals surface area (Å²) in [5.41, 5.74) is 1.97. The average Bonchev–Trinajstić information content (AvgIpc) is 3.07. The number of hydrogen-bond donors (Lipinski definition) is 1. The Morgan fingerprint density at radius 1 is 0.900 bits per heavy atom. The molecule has 2 aromatic heterocycles. The van der Waals surface area contributed by atoms with E-state index in [2.05, 4.69) is 11.1 Å². The van der Waals surface area contributed by atoms with Crippen molar-refractivity contribution in [2.45, 2.75) is 6.61 Å². The molecule has 2 aromatic carbocycles. The first-order chi connectivity index (χ1) is 9.88. The number of H-pyrrole nitrogens is 1. The third kappa shape index (κ3) is 1.93. The minimum absolute atomic E-state index is 0.418. The van der Waals surface area contributed by atoms with Gasteiger partial charge in [0.2, 0.25) is 0 Å². The summed E-state index contributed by atoms with van der Waals surface area (Å²) < 4.78 is 11.5. The smallest absolute Gasteiger partial charge is 0.192 e. The maximum atomic E-state index is 5.76. The zero-order chi connectivity index (χ0) is 13.4. The largest absolute Gasteiger partial charge is 0.471 e. The minimum Gasteiger partial charge on any atom is -0.471 e. The Hall–Kier alpha value is -2.68. The summed E-state index contributed by atoms with van der Waals surface area (Å²) >= 11 is 0. The van der Waals surface area contributed by atoms with Gasteiger partial charge in [0.1, 0.15) is 18.0 Å². The van der Waals surface area contributed by atoms with Crippen molar-refractivity contribution in [3.63, 3.8) is 0 Å². The number of aromatic nitrogens is 1. The molecule has 20 heavy (non-hydrogen) atoms. The lowest BCUT2D eigenvalue weighted by molar-refractivity contribution is 0.266. The predicted molar refractivity (Wildman–Crippen MR) is 78.8 cm³/mol. The van der Waals surface area contributed by atoms with Gasteiger partial charge in [0.05, 0.1) is 0 Å². The van der Waals surface area contributed by atoms with Crippen molar-refractivity contribution >= 4 is 21.9 Å². The van der Waals surface area contributed by atoms with E-state index >= 15 is 0 Å². The number of aromatic amines is 1. The molecule has 0 atom stereocenters. The molecule has 4 aromatic rings. The van der Waals surface area contributed by atoms with Gasteiger partial charge in [-0.2, -0.15) is 0 Å². The Balaban J connectivity index is 1.57. The summed E-state index contributed by atoms with van der Waals surface area (Å²) in [5, 5.41) is 2.25. The highest BCUT2D eigenvalue weighted by Gasteiger charge is 2.05. The van der Waals surface area contributed by atoms with Crippen LogP contribution in [-0.4, -0.2) is 4.98 Å². The van der Waals surface area contributed by atoms with Crippen LogP contribution in [0.2, 0.25) is 0 Å². The first kappa shape index (κ1) is 11.2. The molecule has 2 heterocycles. The van der Waals surface area contributed by atoms with Gasteiger partial charge in [0.25, 0.3) is 0 Å². The van der Waals surface area contributed by atoms with E-state index in [9.17, 15) is 0 Å². The summed E-state index contributed by atoms with van der Waals surface area (Å²) in [5.74, 6) is 1.58. The topological polar surface area (TPSA) is 38.2 Å². The molecule has 3 nitrogen and oxygen atoms in total. The molecule has 0 saturated heterocycles. The van der Waals surface area contributed by atoms with E-state index in [4.69, 9.17) is 9.15 Å². The number of furan rings is 1. The van der Waals surface area contributed by atoms with Crippen molar-refractivity contribution in [2.24, 2.45) is 0 Å². The summed E-state index contributed by atoms with van der Waals surface area (Å²) in [4.78, 5) is 3.24. The molecule has 0 bridgehead atoms. The number of fused-ring (bicyclic) bond motifs is 2. The fourth-order valence-corrected chi connectivity index (χ4v) is 2.38. The second-order valence-electron chi connectivity index (χ2n) is 4.76. The second kappa shape index (κ2) is 4.46. The molecular formula is C17H13NO2. The summed E-state index contributed by atoms with van der Waals surface area (Å²) in [7, 11) is 0. The maximum Gasteiger partial charge on any atom is 0.192 e. The number of nitrogens with one attached hydrogen (secondary N) is 1. The molecule has 0 fully saturated rings. The molecule has 0 unspecified atom stereocenters. The lowest BCUT2D eigenvalue weighted by atomic mass is 10.2. The van der Waals surface area contributed by atoms with Gasteiger partial charge in [-0.3, -0.25) is 0 Å². The standard InChI is InChI=1S/C17H13NO2/c1-3-7-15-12(5-1)10-17(18-15)19-11-14-9-13-6-2-4-8-16(13)20-14/h1-10,18H,11H2. The second-order valence-corrected chi connectivity index (χ2v) is 4.76. The normalized spacial score (nSPS) is 11.2. The Labute approximate surface area is 115 Å². The van der Waals surface area contributed by atoms with Crippen LogP contribution < -0.4 is 4.74 Å². The summed E-state index contributed by atoms with van der Waals surface area (Å²) in [6, 6.07) is 20.1. The van der Waals surface area contributed by atoms with Crippen LogP contribution in [0.25, 0.3) is 21.9 Å². The number of benzene rings is 2. The molecule has 0 aliphatic carbocycles. The molecule has 0 spiro atoms. The molecule has 4 rings (SSSR count). The third-order valence-corrected chi connectivity index (χ3v) is 3.35. The lowest BCUT2D eigenvalue weighted by Crippen LogP contribution is -1.93. The van der Waals surface area contributed by atoms with E-state index in [0.29, 0.717) is 6.61 Å². The highest BCUT2D eigenvalue weighted by Crippen LogP contribution is 2.23. The highest BCUT2D eigenvalue weighted by atomic mass is 16.5. The first-order valence-electron chi connectivity index (χ1n) is 6.56. The van der Waals surface area contributed by atoms with Gasteiger partial charge >= 0.3 is 0 Å². The monoisotopic (exact) mass is 263 g/mol. The van der Waals surface area contributed by atoms with Crippen LogP contribution in [0, 0.1) is 0 Å². The van der Waals surface area contributed by atoms with Gasteiger partial charge in [0, 0.05) is 22.4 Å². The third-order valence-electron chi connectivity index (χ3n) is 3.35. The number of hydrogen-bond acceptors (Lipinski definition) is 2. The lowest BCUT2D eigenvalue weighted by Gasteiger charge is -1.99. The van der Waals surface area contributed by atoms with Gasteiger partial charge in [-0.15, -0.1) is 0 Å². The number of ether oxygens (including phenoxy) is 1. The van der Waals surface area contributed by atoms with Gasteiger partial charge < -0.3 is 14.1 Å². The molecular weight excluding hydrogens is 250 g/mol. The number of rotatable bonds is 3. The molecule has 0 amide bonds. The van der Waals surface area contributed by atoms with Crippen molar-refractivity contribution in [3.8, 4) is 5.88 Å². The quantitative estimate of drug-likeness (QED) is 0.591. The zero-order valence-corrected chi connectivity index (χ0v) is 10.8. The van der Waals surface area contributed by atoms with E-state index in [-0.39, 0.29) is 0 Å². The van der Waals surface area contributed by atoms with Gasteiger partial charge in [-0.05, 0) is 18.2 Å². The molecule has 0 saturated carbocycles. The Morgan fingerprint density at radius 3 is 2.55 bits per heavy atom. The van der Waals surface area contributed by atoms with Crippen molar-refractivity contribution < 1.29 is 9.15 Å². The summed E-state index contributed by atoms with van der Waals surface area (Å²) in [6.45, 7) is 0.418. The van der Waals surface area contributed by atoms with Crippen LogP contribution in [0.1, 0.15) is 5.76 Å². The van der Waals surface area contributed by atoms with Crippen molar-refractivity contribution in [3.05, 3.63) is 66.4 Å².